The van der Waals surface area contributed by atoms with Crippen molar-refractivity contribution in [3.05, 3.63) is 48.0 Å². The lowest BCUT2D eigenvalue weighted by atomic mass is 10.0. The molecule has 1 heterocycles. The van der Waals surface area contributed by atoms with Crippen molar-refractivity contribution < 1.29 is 19.4 Å². The number of hydrogen-bond donors (Lipinski definition) is 4. The zero-order valence-corrected chi connectivity index (χ0v) is 13.5. The molecule has 0 atom stereocenters. The van der Waals surface area contributed by atoms with Gasteiger partial charge in [0.1, 0.15) is 12.4 Å². The Balaban J connectivity index is 1.58. The van der Waals surface area contributed by atoms with Gasteiger partial charge in [-0.3, -0.25) is 4.79 Å². The zero-order valence-electron chi connectivity index (χ0n) is 13.5. The predicted octanol–water partition coefficient (Wildman–Crippen LogP) is 2.59. The third-order valence-electron chi connectivity index (χ3n) is 3.73. The van der Waals surface area contributed by atoms with Gasteiger partial charge in [-0.05, 0) is 54.4 Å². The number of hydrogen-bond acceptors (Lipinski definition) is 4. The minimum Gasteiger partial charge on any atom is -0.491 e. The number of carbonyl (C=O) groups excluding carboxylic acids is 2. The molecular formula is C18H19N3O4. The molecule has 0 saturated carbocycles. The Labute approximate surface area is 145 Å². The molecule has 1 aliphatic rings. The van der Waals surface area contributed by atoms with Crippen LogP contribution in [0, 0.1) is 0 Å². The van der Waals surface area contributed by atoms with Gasteiger partial charge < -0.3 is 25.8 Å². The number of benzene rings is 2. The van der Waals surface area contributed by atoms with E-state index in [2.05, 4.69) is 16.0 Å². The van der Waals surface area contributed by atoms with Gasteiger partial charge >= 0.3 is 6.03 Å². The average Bonchev–Trinajstić information content (AvgIpc) is 2.61. The number of amides is 3. The zero-order chi connectivity index (χ0) is 17.6. The summed E-state index contributed by atoms with van der Waals surface area (Å²) in [5.41, 5.74) is 3.08. The van der Waals surface area contributed by atoms with Crippen molar-refractivity contribution in [1.82, 2.24) is 0 Å². The standard InChI is InChI=1S/C18H19N3O4/c22-9-10-25-15-5-2-13(3-6-15)19-18(24)20-14-4-7-16-12(11-14)1-8-17(23)21-16/h2-7,11,22H,1,8-10H2,(H,21,23)(H2,19,20,24). The number of urea groups is 1. The Kier molecular flexibility index (Phi) is 5.15. The molecule has 0 fully saturated rings. The SMILES string of the molecule is O=C1CCc2cc(NC(=O)Nc3ccc(OCCO)cc3)ccc2N1. The molecule has 0 radical (unpaired) electrons. The van der Waals surface area contributed by atoms with Crippen LogP contribution in [0.15, 0.2) is 42.5 Å². The fourth-order valence-corrected chi connectivity index (χ4v) is 2.55. The molecule has 25 heavy (non-hydrogen) atoms. The number of nitrogens with one attached hydrogen (secondary N) is 3. The monoisotopic (exact) mass is 341 g/mol. The Morgan fingerprint density at radius 3 is 2.56 bits per heavy atom. The third kappa shape index (κ3) is 4.48. The number of ether oxygens (including phenoxy) is 1. The van der Waals surface area contributed by atoms with E-state index in [1.165, 1.54) is 0 Å². The first-order valence-corrected chi connectivity index (χ1v) is 7.98. The number of aliphatic hydroxyl groups excluding tert-OH is 1. The van der Waals surface area contributed by atoms with E-state index in [1.807, 2.05) is 6.07 Å². The number of rotatable bonds is 5. The topological polar surface area (TPSA) is 99.7 Å². The molecule has 130 valence electrons. The lowest BCUT2D eigenvalue weighted by Crippen LogP contribution is -2.21. The summed E-state index contributed by atoms with van der Waals surface area (Å²) in [4.78, 5) is 23.5. The maximum absolute atomic E-state index is 12.1. The molecule has 0 bridgehead atoms. The molecule has 0 spiro atoms. The molecular weight excluding hydrogens is 322 g/mol. The van der Waals surface area contributed by atoms with Crippen molar-refractivity contribution in [2.75, 3.05) is 29.2 Å². The molecule has 7 heteroatoms. The summed E-state index contributed by atoms with van der Waals surface area (Å²) in [6, 6.07) is 11.9. The molecule has 7 nitrogen and oxygen atoms in total. The van der Waals surface area contributed by atoms with E-state index in [4.69, 9.17) is 9.84 Å². The van der Waals surface area contributed by atoms with E-state index in [0.29, 0.717) is 30.0 Å². The van der Waals surface area contributed by atoms with Crippen LogP contribution < -0.4 is 20.7 Å². The number of aryl methyl sites for hydroxylation is 1. The second-order valence-corrected chi connectivity index (χ2v) is 5.60. The smallest absolute Gasteiger partial charge is 0.323 e. The Hall–Kier alpha value is -3.06. The third-order valence-corrected chi connectivity index (χ3v) is 3.73. The van der Waals surface area contributed by atoms with Gasteiger partial charge in [0.2, 0.25) is 5.91 Å². The summed E-state index contributed by atoms with van der Waals surface area (Å²) in [6.07, 6.45) is 1.11. The first-order chi connectivity index (χ1) is 12.1. The average molecular weight is 341 g/mol. The van der Waals surface area contributed by atoms with Crippen LogP contribution >= 0.6 is 0 Å². The minimum absolute atomic E-state index is 0.0115. The van der Waals surface area contributed by atoms with Gasteiger partial charge in [0, 0.05) is 23.5 Å². The van der Waals surface area contributed by atoms with Crippen molar-refractivity contribution in [1.29, 1.82) is 0 Å². The second kappa shape index (κ2) is 7.67. The lowest BCUT2D eigenvalue weighted by Gasteiger charge is -2.18. The summed E-state index contributed by atoms with van der Waals surface area (Å²) in [5.74, 6) is 0.633. The molecule has 0 aliphatic carbocycles. The predicted molar refractivity (Wildman–Crippen MR) is 95.1 cm³/mol. The van der Waals surface area contributed by atoms with Crippen molar-refractivity contribution in [2.24, 2.45) is 0 Å². The van der Waals surface area contributed by atoms with Crippen molar-refractivity contribution >= 4 is 29.0 Å². The first kappa shape index (κ1) is 16.8. The normalized spacial score (nSPS) is 12.8. The summed E-state index contributed by atoms with van der Waals surface area (Å²) in [5, 5.41) is 17.0. The minimum atomic E-state index is -0.358. The highest BCUT2D eigenvalue weighted by atomic mass is 16.5. The molecule has 3 rings (SSSR count). The first-order valence-electron chi connectivity index (χ1n) is 7.98. The van der Waals surface area contributed by atoms with Gasteiger partial charge in [0.25, 0.3) is 0 Å². The molecule has 2 aromatic carbocycles. The van der Waals surface area contributed by atoms with Crippen LogP contribution in [0.25, 0.3) is 0 Å². The summed E-state index contributed by atoms with van der Waals surface area (Å²) >= 11 is 0. The van der Waals surface area contributed by atoms with Gasteiger partial charge in [-0.2, -0.15) is 0 Å². The van der Waals surface area contributed by atoms with Crippen molar-refractivity contribution in [2.45, 2.75) is 12.8 Å². The van der Waals surface area contributed by atoms with Crippen molar-refractivity contribution in [3.63, 3.8) is 0 Å². The highest BCUT2D eigenvalue weighted by molar-refractivity contribution is 6.00. The fourth-order valence-electron chi connectivity index (χ4n) is 2.55. The van der Waals surface area contributed by atoms with Gasteiger partial charge in [0.05, 0.1) is 6.61 Å². The Bertz CT molecular complexity index is 774. The van der Waals surface area contributed by atoms with Crippen LogP contribution in [0.2, 0.25) is 0 Å². The summed E-state index contributed by atoms with van der Waals surface area (Å²) < 4.78 is 5.26. The van der Waals surface area contributed by atoms with Crippen LogP contribution in [0.4, 0.5) is 21.9 Å². The Morgan fingerprint density at radius 1 is 1.08 bits per heavy atom. The van der Waals surface area contributed by atoms with Crippen LogP contribution in [0.3, 0.4) is 0 Å². The molecule has 1 aliphatic heterocycles. The summed E-state index contributed by atoms with van der Waals surface area (Å²) in [6.45, 7) is 0.179. The molecule has 0 unspecified atom stereocenters. The maximum Gasteiger partial charge on any atom is 0.323 e. The quantitative estimate of drug-likeness (QED) is 0.671. The highest BCUT2D eigenvalue weighted by Crippen LogP contribution is 2.25. The highest BCUT2D eigenvalue weighted by Gasteiger charge is 2.15. The maximum atomic E-state index is 12.1. The van der Waals surface area contributed by atoms with E-state index in [-0.39, 0.29) is 25.2 Å². The van der Waals surface area contributed by atoms with E-state index in [9.17, 15) is 9.59 Å². The molecule has 3 amide bonds. The van der Waals surface area contributed by atoms with Gasteiger partial charge in [-0.25, -0.2) is 4.79 Å². The largest absolute Gasteiger partial charge is 0.491 e. The fraction of sp³-hybridized carbons (Fsp3) is 0.222. The van der Waals surface area contributed by atoms with Crippen LogP contribution in [-0.4, -0.2) is 30.3 Å². The van der Waals surface area contributed by atoms with Gasteiger partial charge in [0.15, 0.2) is 0 Å². The molecule has 2 aromatic rings. The number of aliphatic hydroxyl groups is 1. The van der Waals surface area contributed by atoms with Gasteiger partial charge in [-0.1, -0.05) is 0 Å². The number of fused-ring (bicyclic) bond motifs is 1. The van der Waals surface area contributed by atoms with E-state index in [1.54, 1.807) is 36.4 Å². The molecule has 0 saturated heterocycles. The van der Waals surface area contributed by atoms with Crippen LogP contribution in [0.5, 0.6) is 5.75 Å². The van der Waals surface area contributed by atoms with Crippen LogP contribution in [-0.2, 0) is 11.2 Å². The van der Waals surface area contributed by atoms with Crippen molar-refractivity contribution in [3.8, 4) is 5.75 Å². The molecule has 0 aromatic heterocycles. The summed E-state index contributed by atoms with van der Waals surface area (Å²) in [7, 11) is 0. The van der Waals surface area contributed by atoms with E-state index >= 15 is 0 Å². The van der Waals surface area contributed by atoms with Crippen LogP contribution in [0.1, 0.15) is 12.0 Å². The molecule has 4 N–H and O–H groups in total. The second-order valence-electron chi connectivity index (χ2n) is 5.60. The van der Waals surface area contributed by atoms with E-state index in [0.717, 1.165) is 11.3 Å². The Morgan fingerprint density at radius 2 is 1.80 bits per heavy atom. The van der Waals surface area contributed by atoms with Gasteiger partial charge in [-0.15, -0.1) is 0 Å². The number of anilines is 3. The lowest BCUT2D eigenvalue weighted by molar-refractivity contribution is -0.116. The van der Waals surface area contributed by atoms with E-state index < -0.39 is 0 Å². The number of carbonyl (C=O) groups is 2.